The van der Waals surface area contributed by atoms with E-state index in [0.717, 1.165) is 18.7 Å². The number of methoxy groups -OCH3 is 1. The Morgan fingerprint density at radius 1 is 1.25 bits per heavy atom. The molecule has 0 heterocycles. The van der Waals surface area contributed by atoms with Crippen LogP contribution in [0, 0.1) is 5.92 Å². The number of rotatable bonds is 5. The van der Waals surface area contributed by atoms with E-state index in [0.29, 0.717) is 21.7 Å². The first-order valence-corrected chi connectivity index (χ1v) is 6.02. The molecule has 0 atom stereocenters. The molecular formula is C12H17Cl2NO. The molecule has 1 N–H and O–H groups in total. The predicted octanol–water partition coefficient (Wildman–Crippen LogP) is 3.75. The molecule has 0 unspecified atom stereocenters. The molecule has 1 aromatic rings. The van der Waals surface area contributed by atoms with Crippen molar-refractivity contribution in [3.63, 3.8) is 0 Å². The quantitative estimate of drug-likeness (QED) is 0.872. The van der Waals surface area contributed by atoms with Gasteiger partial charge in [0.25, 0.3) is 0 Å². The minimum absolute atomic E-state index is 0.591. The second-order valence-corrected chi connectivity index (χ2v) is 4.92. The molecule has 4 heteroatoms. The molecule has 0 amide bonds. The monoisotopic (exact) mass is 261 g/mol. The second kappa shape index (κ2) is 6.33. The van der Waals surface area contributed by atoms with Crippen LogP contribution in [0.2, 0.25) is 10.0 Å². The van der Waals surface area contributed by atoms with Crippen molar-refractivity contribution < 1.29 is 4.74 Å². The van der Waals surface area contributed by atoms with Crippen LogP contribution in [0.1, 0.15) is 19.4 Å². The third-order valence-corrected chi connectivity index (χ3v) is 2.84. The molecule has 0 fully saturated rings. The van der Waals surface area contributed by atoms with Gasteiger partial charge in [-0.1, -0.05) is 37.0 Å². The van der Waals surface area contributed by atoms with Crippen molar-refractivity contribution in [2.45, 2.75) is 20.4 Å². The summed E-state index contributed by atoms with van der Waals surface area (Å²) in [6.07, 6.45) is 0. The van der Waals surface area contributed by atoms with Crippen LogP contribution in [0.25, 0.3) is 0 Å². The molecule has 1 rings (SSSR count). The molecule has 0 bridgehead atoms. The van der Waals surface area contributed by atoms with Crippen molar-refractivity contribution in [2.75, 3.05) is 13.7 Å². The topological polar surface area (TPSA) is 21.3 Å². The third kappa shape index (κ3) is 3.85. The van der Waals surface area contributed by atoms with Gasteiger partial charge < -0.3 is 10.1 Å². The van der Waals surface area contributed by atoms with Gasteiger partial charge in [0.1, 0.15) is 5.75 Å². The Bertz CT molecular complexity index is 353. The fourth-order valence-corrected chi connectivity index (χ4v) is 1.84. The first kappa shape index (κ1) is 13.6. The average Bonchev–Trinajstić information content (AvgIpc) is 2.22. The van der Waals surface area contributed by atoms with Crippen molar-refractivity contribution in [1.82, 2.24) is 5.32 Å². The van der Waals surface area contributed by atoms with E-state index in [1.165, 1.54) is 0 Å². The van der Waals surface area contributed by atoms with Crippen molar-refractivity contribution in [3.05, 3.63) is 27.7 Å². The number of hydrogen-bond acceptors (Lipinski definition) is 2. The lowest BCUT2D eigenvalue weighted by Crippen LogP contribution is -2.19. The summed E-state index contributed by atoms with van der Waals surface area (Å²) in [5.41, 5.74) is 0.994. The third-order valence-electron chi connectivity index (χ3n) is 2.19. The fraction of sp³-hybridized carbons (Fsp3) is 0.500. The highest BCUT2D eigenvalue weighted by Crippen LogP contribution is 2.30. The standard InChI is InChI=1S/C12H17Cl2NO/c1-8(2)6-15-7-9-4-11(14)12(16-3)5-10(9)13/h4-5,8,15H,6-7H2,1-3H3. The maximum Gasteiger partial charge on any atom is 0.138 e. The van der Waals surface area contributed by atoms with Gasteiger partial charge in [-0.25, -0.2) is 0 Å². The Balaban J connectivity index is 2.70. The van der Waals surface area contributed by atoms with Gasteiger partial charge in [0.15, 0.2) is 0 Å². The summed E-state index contributed by atoms with van der Waals surface area (Å²) in [7, 11) is 1.58. The van der Waals surface area contributed by atoms with Gasteiger partial charge in [-0.15, -0.1) is 0 Å². The Morgan fingerprint density at radius 3 is 2.50 bits per heavy atom. The lowest BCUT2D eigenvalue weighted by Gasteiger charge is -2.11. The van der Waals surface area contributed by atoms with Crippen LogP contribution >= 0.6 is 23.2 Å². The highest BCUT2D eigenvalue weighted by atomic mass is 35.5. The van der Waals surface area contributed by atoms with Gasteiger partial charge in [0.05, 0.1) is 12.1 Å². The molecule has 2 nitrogen and oxygen atoms in total. The SMILES string of the molecule is COc1cc(Cl)c(CNCC(C)C)cc1Cl. The van der Waals surface area contributed by atoms with Crippen LogP contribution in [-0.4, -0.2) is 13.7 Å². The average molecular weight is 262 g/mol. The van der Waals surface area contributed by atoms with E-state index >= 15 is 0 Å². The minimum atomic E-state index is 0.591. The lowest BCUT2D eigenvalue weighted by molar-refractivity contribution is 0.415. The number of benzene rings is 1. The Labute approximate surface area is 107 Å². The molecule has 0 aliphatic rings. The van der Waals surface area contributed by atoms with Crippen LogP contribution in [0.5, 0.6) is 5.75 Å². The smallest absolute Gasteiger partial charge is 0.138 e. The summed E-state index contributed by atoms with van der Waals surface area (Å²) in [6, 6.07) is 3.59. The van der Waals surface area contributed by atoms with Gasteiger partial charge in [0, 0.05) is 17.6 Å². The van der Waals surface area contributed by atoms with Gasteiger partial charge >= 0.3 is 0 Å². The van der Waals surface area contributed by atoms with E-state index in [2.05, 4.69) is 19.2 Å². The summed E-state index contributed by atoms with van der Waals surface area (Å²) in [4.78, 5) is 0. The van der Waals surface area contributed by atoms with E-state index in [1.54, 1.807) is 13.2 Å². The van der Waals surface area contributed by atoms with Crippen LogP contribution in [0.15, 0.2) is 12.1 Å². The van der Waals surface area contributed by atoms with Crippen molar-refractivity contribution in [2.24, 2.45) is 5.92 Å². The highest BCUT2D eigenvalue weighted by Gasteiger charge is 2.07. The summed E-state index contributed by atoms with van der Waals surface area (Å²) < 4.78 is 5.09. The molecular weight excluding hydrogens is 245 g/mol. The first-order valence-electron chi connectivity index (χ1n) is 5.27. The van der Waals surface area contributed by atoms with E-state index in [1.807, 2.05) is 6.07 Å². The second-order valence-electron chi connectivity index (χ2n) is 4.10. The van der Waals surface area contributed by atoms with Gasteiger partial charge in [0.2, 0.25) is 0 Å². The largest absolute Gasteiger partial charge is 0.495 e. The lowest BCUT2D eigenvalue weighted by atomic mass is 10.2. The molecule has 0 radical (unpaired) electrons. The summed E-state index contributed by atoms with van der Waals surface area (Å²) in [6.45, 7) is 6.01. The molecule has 0 spiro atoms. The van der Waals surface area contributed by atoms with Crippen molar-refractivity contribution in [3.8, 4) is 5.75 Å². The molecule has 0 saturated heterocycles. The van der Waals surface area contributed by atoms with E-state index in [-0.39, 0.29) is 0 Å². The Kier molecular flexibility index (Phi) is 5.39. The van der Waals surface area contributed by atoms with E-state index < -0.39 is 0 Å². The van der Waals surface area contributed by atoms with Crippen LogP contribution < -0.4 is 10.1 Å². The maximum absolute atomic E-state index is 6.12. The molecule has 0 aliphatic carbocycles. The minimum Gasteiger partial charge on any atom is -0.495 e. The fourth-order valence-electron chi connectivity index (χ4n) is 1.36. The summed E-state index contributed by atoms with van der Waals surface area (Å²) >= 11 is 12.1. The van der Waals surface area contributed by atoms with Gasteiger partial charge in [-0.05, 0) is 24.1 Å². The Morgan fingerprint density at radius 2 is 1.94 bits per heavy atom. The highest BCUT2D eigenvalue weighted by molar-refractivity contribution is 6.34. The van der Waals surface area contributed by atoms with Crippen molar-refractivity contribution in [1.29, 1.82) is 0 Å². The first-order chi connectivity index (χ1) is 7.54. The zero-order valence-corrected chi connectivity index (χ0v) is 11.3. The number of nitrogens with one attached hydrogen (secondary N) is 1. The van der Waals surface area contributed by atoms with Crippen LogP contribution in [0.3, 0.4) is 0 Å². The Hall–Kier alpha value is -0.440. The molecule has 16 heavy (non-hydrogen) atoms. The van der Waals surface area contributed by atoms with Gasteiger partial charge in [-0.2, -0.15) is 0 Å². The summed E-state index contributed by atoms with van der Waals surface area (Å²) in [5.74, 6) is 1.23. The van der Waals surface area contributed by atoms with E-state index in [9.17, 15) is 0 Å². The molecule has 0 aromatic heterocycles. The van der Waals surface area contributed by atoms with Crippen LogP contribution in [-0.2, 0) is 6.54 Å². The number of hydrogen-bond donors (Lipinski definition) is 1. The molecule has 0 aliphatic heterocycles. The zero-order chi connectivity index (χ0) is 12.1. The molecule has 1 aromatic carbocycles. The number of ether oxygens (including phenoxy) is 1. The zero-order valence-electron chi connectivity index (χ0n) is 9.81. The van der Waals surface area contributed by atoms with Crippen LogP contribution in [0.4, 0.5) is 0 Å². The predicted molar refractivity (Wildman–Crippen MR) is 69.6 cm³/mol. The molecule has 0 saturated carbocycles. The van der Waals surface area contributed by atoms with Crippen molar-refractivity contribution >= 4 is 23.2 Å². The maximum atomic E-state index is 6.12. The van der Waals surface area contributed by atoms with E-state index in [4.69, 9.17) is 27.9 Å². The van der Waals surface area contributed by atoms with Gasteiger partial charge in [-0.3, -0.25) is 0 Å². The number of halogens is 2. The summed E-state index contributed by atoms with van der Waals surface area (Å²) in [5, 5.41) is 4.59. The normalized spacial score (nSPS) is 10.9. The molecule has 90 valence electrons.